The van der Waals surface area contributed by atoms with Crippen LogP contribution in [0.25, 0.3) is 10.1 Å². The lowest BCUT2D eigenvalue weighted by molar-refractivity contribution is 0.401. The van der Waals surface area contributed by atoms with Crippen molar-refractivity contribution >= 4 is 21.4 Å². The van der Waals surface area contributed by atoms with Crippen molar-refractivity contribution in [3.8, 4) is 5.75 Å². The first kappa shape index (κ1) is 14.1. The maximum atomic E-state index is 5.47. The van der Waals surface area contributed by atoms with Crippen molar-refractivity contribution in [3.63, 3.8) is 0 Å². The Kier molecular flexibility index (Phi) is 3.94. The Morgan fingerprint density at radius 1 is 1.38 bits per heavy atom. The van der Waals surface area contributed by atoms with E-state index in [4.69, 9.17) is 4.74 Å². The van der Waals surface area contributed by atoms with Crippen LogP contribution in [0.1, 0.15) is 23.5 Å². The van der Waals surface area contributed by atoms with Crippen LogP contribution in [0.15, 0.2) is 36.5 Å². The fourth-order valence-corrected chi connectivity index (χ4v) is 3.74. The Balaban J connectivity index is 2.10. The van der Waals surface area contributed by atoms with Crippen LogP contribution in [0, 0.1) is 0 Å². The molecule has 3 aromatic rings. The summed E-state index contributed by atoms with van der Waals surface area (Å²) in [6, 6.07) is 10.8. The van der Waals surface area contributed by atoms with Crippen molar-refractivity contribution in [1.29, 1.82) is 0 Å². The molecule has 110 valence electrons. The van der Waals surface area contributed by atoms with Crippen LogP contribution in [0.2, 0.25) is 0 Å². The van der Waals surface area contributed by atoms with Crippen LogP contribution in [0.3, 0.4) is 0 Å². The van der Waals surface area contributed by atoms with Gasteiger partial charge in [-0.3, -0.25) is 4.68 Å². The van der Waals surface area contributed by atoms with E-state index >= 15 is 0 Å². The van der Waals surface area contributed by atoms with Crippen molar-refractivity contribution in [2.24, 2.45) is 7.05 Å². The molecule has 0 fully saturated rings. The molecular weight excluding hydrogens is 282 g/mol. The summed E-state index contributed by atoms with van der Waals surface area (Å²) in [6.07, 6.45) is 1.77. The van der Waals surface area contributed by atoms with Gasteiger partial charge < -0.3 is 10.1 Å². The minimum absolute atomic E-state index is 0.0925. The average molecular weight is 301 g/mol. The standard InChI is InChI=1S/C16H19N3OS/c1-4-17-15(16-12(20-3)10-18-19(16)2)14-9-11-7-5-6-8-13(11)21-14/h5-10,15,17H,4H2,1-3H3. The Morgan fingerprint density at radius 3 is 2.90 bits per heavy atom. The van der Waals surface area contributed by atoms with Crippen LogP contribution in [0.5, 0.6) is 5.75 Å². The van der Waals surface area contributed by atoms with Crippen LogP contribution in [0.4, 0.5) is 0 Å². The second kappa shape index (κ2) is 5.87. The van der Waals surface area contributed by atoms with Gasteiger partial charge in [-0.25, -0.2) is 0 Å². The fourth-order valence-electron chi connectivity index (χ4n) is 2.59. The smallest absolute Gasteiger partial charge is 0.161 e. The molecule has 0 radical (unpaired) electrons. The predicted molar refractivity (Wildman–Crippen MR) is 87.1 cm³/mol. The van der Waals surface area contributed by atoms with Crippen molar-refractivity contribution in [1.82, 2.24) is 15.1 Å². The molecule has 4 nitrogen and oxygen atoms in total. The van der Waals surface area contributed by atoms with E-state index in [1.54, 1.807) is 13.3 Å². The van der Waals surface area contributed by atoms with E-state index in [9.17, 15) is 0 Å². The van der Waals surface area contributed by atoms with E-state index < -0.39 is 0 Å². The molecule has 0 aliphatic rings. The summed E-state index contributed by atoms with van der Waals surface area (Å²) >= 11 is 1.81. The summed E-state index contributed by atoms with van der Waals surface area (Å²) in [4.78, 5) is 1.28. The van der Waals surface area contributed by atoms with Gasteiger partial charge in [0.2, 0.25) is 0 Å². The van der Waals surface area contributed by atoms with Gasteiger partial charge in [-0.05, 0) is 24.1 Å². The molecule has 5 heteroatoms. The predicted octanol–water partition coefficient (Wildman–Crippen LogP) is 3.34. The summed E-state index contributed by atoms with van der Waals surface area (Å²) in [5.41, 5.74) is 1.06. The van der Waals surface area contributed by atoms with Crippen molar-refractivity contribution in [2.75, 3.05) is 13.7 Å². The highest BCUT2D eigenvalue weighted by Gasteiger charge is 2.23. The van der Waals surface area contributed by atoms with Gasteiger partial charge in [0.25, 0.3) is 0 Å². The number of ether oxygens (including phenoxy) is 1. The topological polar surface area (TPSA) is 39.1 Å². The first-order chi connectivity index (χ1) is 10.2. The van der Waals surface area contributed by atoms with E-state index in [0.29, 0.717) is 0 Å². The molecule has 2 aromatic heterocycles. The quantitative estimate of drug-likeness (QED) is 0.785. The molecule has 21 heavy (non-hydrogen) atoms. The van der Waals surface area contributed by atoms with Gasteiger partial charge in [-0.1, -0.05) is 25.1 Å². The number of methoxy groups -OCH3 is 1. The number of hydrogen-bond acceptors (Lipinski definition) is 4. The summed E-state index contributed by atoms with van der Waals surface area (Å²) in [5, 5.41) is 9.15. The maximum absolute atomic E-state index is 5.47. The normalized spacial score (nSPS) is 12.7. The van der Waals surface area contributed by atoms with Crippen LogP contribution >= 0.6 is 11.3 Å². The van der Waals surface area contributed by atoms with Crippen LogP contribution in [-0.2, 0) is 7.05 Å². The molecule has 0 aliphatic carbocycles. The van der Waals surface area contributed by atoms with Gasteiger partial charge in [0, 0.05) is 16.6 Å². The molecule has 1 aromatic carbocycles. The fraction of sp³-hybridized carbons (Fsp3) is 0.312. The minimum Gasteiger partial charge on any atom is -0.493 e. The monoisotopic (exact) mass is 301 g/mol. The molecule has 1 atom stereocenters. The number of rotatable bonds is 5. The third-order valence-electron chi connectivity index (χ3n) is 3.58. The van der Waals surface area contributed by atoms with Gasteiger partial charge in [0.05, 0.1) is 19.3 Å². The number of nitrogens with zero attached hydrogens (tertiary/aromatic N) is 2. The van der Waals surface area contributed by atoms with Crippen LogP contribution in [-0.4, -0.2) is 23.4 Å². The minimum atomic E-state index is 0.0925. The maximum Gasteiger partial charge on any atom is 0.161 e. The third-order valence-corrected chi connectivity index (χ3v) is 4.76. The van der Waals surface area contributed by atoms with E-state index in [2.05, 4.69) is 47.7 Å². The second-order valence-corrected chi connectivity index (χ2v) is 6.01. The lowest BCUT2D eigenvalue weighted by Gasteiger charge is -2.18. The van der Waals surface area contributed by atoms with Gasteiger partial charge in [0.1, 0.15) is 5.69 Å². The zero-order valence-electron chi connectivity index (χ0n) is 12.5. The number of nitrogens with one attached hydrogen (secondary N) is 1. The molecule has 0 spiro atoms. The number of aryl methyl sites for hydroxylation is 1. The first-order valence-electron chi connectivity index (χ1n) is 7.02. The molecule has 0 saturated heterocycles. The van der Waals surface area contributed by atoms with Crippen molar-refractivity contribution in [3.05, 3.63) is 47.1 Å². The number of hydrogen-bond donors (Lipinski definition) is 1. The summed E-state index contributed by atoms with van der Waals surface area (Å²) in [6.45, 7) is 3.00. The number of fused-ring (bicyclic) bond motifs is 1. The summed E-state index contributed by atoms with van der Waals surface area (Å²) < 4.78 is 8.66. The third kappa shape index (κ3) is 2.54. The van der Waals surface area contributed by atoms with Crippen molar-refractivity contribution < 1.29 is 4.74 Å². The van der Waals surface area contributed by atoms with E-state index in [1.807, 2.05) is 23.1 Å². The van der Waals surface area contributed by atoms with E-state index in [1.165, 1.54) is 15.0 Å². The lowest BCUT2D eigenvalue weighted by atomic mass is 10.1. The molecule has 1 N–H and O–H groups in total. The van der Waals surface area contributed by atoms with Gasteiger partial charge >= 0.3 is 0 Å². The first-order valence-corrected chi connectivity index (χ1v) is 7.84. The zero-order valence-corrected chi connectivity index (χ0v) is 13.3. The van der Waals surface area contributed by atoms with Gasteiger partial charge in [0.15, 0.2) is 5.75 Å². The second-order valence-electron chi connectivity index (χ2n) is 4.90. The SMILES string of the molecule is CCNC(c1cc2ccccc2s1)c1c(OC)cnn1C. The number of aromatic nitrogens is 2. The van der Waals surface area contributed by atoms with Crippen molar-refractivity contribution in [2.45, 2.75) is 13.0 Å². The highest BCUT2D eigenvalue weighted by molar-refractivity contribution is 7.19. The highest BCUT2D eigenvalue weighted by Crippen LogP contribution is 2.36. The lowest BCUT2D eigenvalue weighted by Crippen LogP contribution is -2.24. The van der Waals surface area contributed by atoms with E-state index in [-0.39, 0.29) is 6.04 Å². The molecular formula is C16H19N3OS. The number of thiophene rings is 1. The molecule has 0 bridgehead atoms. The molecule has 0 amide bonds. The molecule has 0 saturated carbocycles. The van der Waals surface area contributed by atoms with E-state index in [0.717, 1.165) is 18.0 Å². The zero-order chi connectivity index (χ0) is 14.8. The molecule has 0 aliphatic heterocycles. The summed E-state index contributed by atoms with van der Waals surface area (Å²) in [5.74, 6) is 0.820. The molecule has 2 heterocycles. The molecule has 1 unspecified atom stereocenters. The molecule has 3 rings (SSSR count). The Morgan fingerprint density at radius 2 is 2.19 bits per heavy atom. The average Bonchev–Trinajstić information content (AvgIpc) is 3.08. The Hall–Kier alpha value is -1.85. The largest absolute Gasteiger partial charge is 0.493 e. The highest BCUT2D eigenvalue weighted by atomic mass is 32.1. The van der Waals surface area contributed by atoms with Crippen LogP contribution < -0.4 is 10.1 Å². The Bertz CT molecular complexity index is 714. The van der Waals surface area contributed by atoms with Gasteiger partial charge in [-0.15, -0.1) is 11.3 Å². The van der Waals surface area contributed by atoms with Gasteiger partial charge in [-0.2, -0.15) is 5.10 Å². The Labute approximate surface area is 128 Å². The summed E-state index contributed by atoms with van der Waals surface area (Å²) in [7, 11) is 3.64. The number of benzene rings is 1.